The Bertz CT molecular complexity index is 867. The lowest BCUT2D eigenvalue weighted by Gasteiger charge is -2.14. The lowest BCUT2D eigenvalue weighted by Crippen LogP contribution is -2.22. The molecule has 0 bridgehead atoms. The molecule has 0 aliphatic rings. The summed E-state index contributed by atoms with van der Waals surface area (Å²) in [7, 11) is 4.61. The summed E-state index contributed by atoms with van der Waals surface area (Å²) in [4.78, 5) is 37.2. The summed E-state index contributed by atoms with van der Waals surface area (Å²) in [6.07, 6.45) is 0.508. The number of carbonyl (C=O) groups is 2. The predicted molar refractivity (Wildman–Crippen MR) is 102 cm³/mol. The molecule has 0 aromatic heterocycles. The maximum absolute atomic E-state index is 12.3. The molecule has 2 rings (SSSR count). The Balaban J connectivity index is 2.33. The van der Waals surface area contributed by atoms with Gasteiger partial charge in [0.2, 0.25) is 0 Å². The second-order valence-corrected chi connectivity index (χ2v) is 7.02. The third-order valence-corrected chi connectivity index (χ3v) is 4.95. The van der Waals surface area contributed by atoms with Crippen LogP contribution in [0.3, 0.4) is 0 Å². The molecular weight excluding hydrogens is 368 g/mol. The zero-order valence-electron chi connectivity index (χ0n) is 15.3. The van der Waals surface area contributed by atoms with Crippen LogP contribution >= 0.6 is 11.8 Å². The van der Waals surface area contributed by atoms with Gasteiger partial charge >= 0.3 is 5.97 Å². The van der Waals surface area contributed by atoms with E-state index in [-0.39, 0.29) is 24.0 Å². The SMILES string of the molecule is COC(=O)CCc1ccc(Sc2ccccc2C(=O)N(C)C)c([N+](=O)[O-])c1. The fourth-order valence-corrected chi connectivity index (χ4v) is 3.41. The monoisotopic (exact) mass is 388 g/mol. The number of amides is 1. The predicted octanol–water partition coefficient (Wildman–Crippen LogP) is 3.55. The highest BCUT2D eigenvalue weighted by Gasteiger charge is 2.20. The van der Waals surface area contributed by atoms with Crippen molar-refractivity contribution >= 4 is 29.3 Å². The van der Waals surface area contributed by atoms with Crippen molar-refractivity contribution in [1.82, 2.24) is 4.90 Å². The van der Waals surface area contributed by atoms with E-state index in [9.17, 15) is 19.7 Å². The molecule has 0 atom stereocenters. The molecule has 0 aliphatic carbocycles. The maximum Gasteiger partial charge on any atom is 0.305 e. The molecule has 0 spiro atoms. The summed E-state index contributed by atoms with van der Waals surface area (Å²) >= 11 is 1.17. The number of hydrogen-bond donors (Lipinski definition) is 0. The van der Waals surface area contributed by atoms with Gasteiger partial charge in [0.05, 0.1) is 22.5 Å². The lowest BCUT2D eigenvalue weighted by atomic mass is 10.1. The van der Waals surface area contributed by atoms with E-state index < -0.39 is 4.92 Å². The largest absolute Gasteiger partial charge is 0.469 e. The third-order valence-electron chi connectivity index (χ3n) is 3.81. The standard InChI is InChI=1S/C19H20N2O5S/c1-20(2)19(23)14-6-4-5-7-16(14)27-17-10-8-13(9-11-18(22)26-3)12-15(17)21(24)25/h4-8,10,12H,9,11H2,1-3H3. The van der Waals surface area contributed by atoms with Crippen LogP contribution in [0, 0.1) is 10.1 Å². The van der Waals surface area contributed by atoms with Crippen molar-refractivity contribution in [3.63, 3.8) is 0 Å². The zero-order valence-corrected chi connectivity index (χ0v) is 16.1. The quantitative estimate of drug-likeness (QED) is 0.409. The highest BCUT2D eigenvalue weighted by atomic mass is 32.2. The summed E-state index contributed by atoms with van der Waals surface area (Å²) in [5.74, 6) is -0.539. The third kappa shape index (κ3) is 5.30. The van der Waals surface area contributed by atoms with Crippen LogP contribution < -0.4 is 0 Å². The number of ether oxygens (including phenoxy) is 1. The molecule has 2 aromatic carbocycles. The molecular formula is C19H20N2O5S. The second-order valence-electron chi connectivity index (χ2n) is 5.93. The Hall–Kier alpha value is -2.87. The molecule has 0 saturated heterocycles. The van der Waals surface area contributed by atoms with Crippen molar-refractivity contribution in [2.45, 2.75) is 22.6 Å². The minimum absolute atomic E-state index is 0.0607. The van der Waals surface area contributed by atoms with Crippen LogP contribution in [0.5, 0.6) is 0 Å². The van der Waals surface area contributed by atoms with Gasteiger partial charge in [0.25, 0.3) is 11.6 Å². The minimum atomic E-state index is -0.458. The van der Waals surface area contributed by atoms with Crippen molar-refractivity contribution in [2.75, 3.05) is 21.2 Å². The van der Waals surface area contributed by atoms with E-state index in [2.05, 4.69) is 4.74 Å². The number of benzene rings is 2. The van der Waals surface area contributed by atoms with Gasteiger partial charge in [-0.15, -0.1) is 0 Å². The van der Waals surface area contributed by atoms with Crippen LogP contribution in [0.1, 0.15) is 22.3 Å². The van der Waals surface area contributed by atoms with E-state index in [1.54, 1.807) is 50.5 Å². The van der Waals surface area contributed by atoms with Gasteiger partial charge in [-0.25, -0.2) is 0 Å². The number of rotatable bonds is 7. The molecule has 0 radical (unpaired) electrons. The first kappa shape index (κ1) is 20.4. The summed E-state index contributed by atoms with van der Waals surface area (Å²) in [5, 5.41) is 11.5. The number of nitro benzene ring substituents is 1. The van der Waals surface area contributed by atoms with Crippen molar-refractivity contribution < 1.29 is 19.2 Å². The Morgan fingerprint density at radius 2 is 1.85 bits per heavy atom. The van der Waals surface area contributed by atoms with Gasteiger partial charge in [0.1, 0.15) is 0 Å². The number of carbonyl (C=O) groups excluding carboxylic acids is 2. The molecule has 0 unspecified atom stereocenters. The molecule has 27 heavy (non-hydrogen) atoms. The van der Waals surface area contributed by atoms with Crippen LogP contribution in [0.4, 0.5) is 5.69 Å². The number of aryl methyl sites for hydroxylation is 1. The number of hydrogen-bond acceptors (Lipinski definition) is 6. The van der Waals surface area contributed by atoms with E-state index >= 15 is 0 Å². The highest BCUT2D eigenvalue weighted by molar-refractivity contribution is 7.99. The average molecular weight is 388 g/mol. The smallest absolute Gasteiger partial charge is 0.305 e. The van der Waals surface area contributed by atoms with Crippen LogP contribution in [-0.4, -0.2) is 42.9 Å². The van der Waals surface area contributed by atoms with Crippen LogP contribution in [0.15, 0.2) is 52.3 Å². The molecule has 2 aromatic rings. The van der Waals surface area contributed by atoms with Crippen molar-refractivity contribution in [2.24, 2.45) is 0 Å². The van der Waals surface area contributed by atoms with Crippen molar-refractivity contribution in [1.29, 1.82) is 0 Å². The number of esters is 1. The molecule has 8 heteroatoms. The van der Waals surface area contributed by atoms with Gasteiger partial charge in [0, 0.05) is 31.5 Å². The molecule has 0 fully saturated rings. The van der Waals surface area contributed by atoms with E-state index in [1.807, 2.05) is 0 Å². The maximum atomic E-state index is 12.3. The number of methoxy groups -OCH3 is 1. The summed E-state index contributed by atoms with van der Waals surface area (Å²) < 4.78 is 4.59. The second kappa shape index (κ2) is 9.18. The van der Waals surface area contributed by atoms with Gasteiger partial charge in [-0.1, -0.05) is 30.0 Å². The van der Waals surface area contributed by atoms with Crippen LogP contribution in [0.25, 0.3) is 0 Å². The fraction of sp³-hybridized carbons (Fsp3) is 0.263. The van der Waals surface area contributed by atoms with Crippen molar-refractivity contribution in [3.8, 4) is 0 Å². The summed E-state index contributed by atoms with van der Waals surface area (Å²) in [6, 6.07) is 11.8. The highest BCUT2D eigenvalue weighted by Crippen LogP contribution is 2.37. The first-order valence-electron chi connectivity index (χ1n) is 8.16. The van der Waals surface area contributed by atoms with Gasteiger partial charge in [0.15, 0.2) is 0 Å². The summed E-state index contributed by atoms with van der Waals surface area (Å²) in [6.45, 7) is 0. The van der Waals surface area contributed by atoms with Crippen LogP contribution in [-0.2, 0) is 16.0 Å². The molecule has 0 aliphatic heterocycles. The first-order chi connectivity index (χ1) is 12.8. The molecule has 1 amide bonds. The Morgan fingerprint density at radius 3 is 2.48 bits per heavy atom. The molecule has 7 nitrogen and oxygen atoms in total. The number of nitrogens with zero attached hydrogens (tertiary/aromatic N) is 2. The molecule has 0 saturated carbocycles. The van der Waals surface area contributed by atoms with E-state index in [0.29, 0.717) is 27.3 Å². The lowest BCUT2D eigenvalue weighted by molar-refractivity contribution is -0.387. The normalized spacial score (nSPS) is 10.3. The zero-order chi connectivity index (χ0) is 20.0. The van der Waals surface area contributed by atoms with Crippen molar-refractivity contribution in [3.05, 3.63) is 63.7 Å². The van der Waals surface area contributed by atoms with Crippen LogP contribution in [0.2, 0.25) is 0 Å². The summed E-state index contributed by atoms with van der Waals surface area (Å²) in [5.41, 5.74) is 1.10. The number of nitro groups is 1. The topological polar surface area (TPSA) is 89.8 Å². The van der Waals surface area contributed by atoms with E-state index in [1.165, 1.54) is 29.8 Å². The average Bonchev–Trinajstić information content (AvgIpc) is 2.66. The molecule has 142 valence electrons. The molecule has 0 N–H and O–H groups in total. The van der Waals surface area contributed by atoms with E-state index in [4.69, 9.17) is 0 Å². The van der Waals surface area contributed by atoms with E-state index in [0.717, 1.165) is 0 Å². The Kier molecular flexibility index (Phi) is 6.95. The Morgan fingerprint density at radius 1 is 1.15 bits per heavy atom. The fourth-order valence-electron chi connectivity index (χ4n) is 2.39. The van der Waals surface area contributed by atoms with Gasteiger partial charge in [-0.05, 0) is 30.2 Å². The van der Waals surface area contributed by atoms with Gasteiger partial charge in [-0.3, -0.25) is 19.7 Å². The first-order valence-corrected chi connectivity index (χ1v) is 8.97. The Labute approximate surface area is 161 Å². The minimum Gasteiger partial charge on any atom is -0.469 e. The van der Waals surface area contributed by atoms with Gasteiger partial charge in [-0.2, -0.15) is 0 Å². The van der Waals surface area contributed by atoms with Gasteiger partial charge < -0.3 is 9.64 Å². The molecule has 0 heterocycles.